The minimum atomic E-state index is -0.732. The van der Waals surface area contributed by atoms with Gasteiger partial charge in [0.2, 0.25) is 0 Å². The number of hydrogen-bond acceptors (Lipinski definition) is 4. The van der Waals surface area contributed by atoms with E-state index in [1.165, 1.54) is 18.2 Å². The molecule has 5 nitrogen and oxygen atoms in total. The highest BCUT2D eigenvalue weighted by atomic mass is 16.6. The van der Waals surface area contributed by atoms with Crippen LogP contribution in [-0.4, -0.2) is 10.9 Å². The van der Waals surface area contributed by atoms with E-state index < -0.39 is 10.9 Å². The molecule has 0 unspecified atom stereocenters. The summed E-state index contributed by atoms with van der Waals surface area (Å²) in [4.78, 5) is 22.7. The molecular weight excluding hydrogens is 294 g/mol. The Balaban J connectivity index is 2.30. The second-order valence-electron chi connectivity index (χ2n) is 6.39. The van der Waals surface area contributed by atoms with Gasteiger partial charge in [-0.2, -0.15) is 0 Å². The lowest BCUT2D eigenvalue weighted by atomic mass is 9.86. The molecule has 23 heavy (non-hydrogen) atoms. The quantitative estimate of drug-likeness (QED) is 0.364. The molecule has 0 amide bonds. The van der Waals surface area contributed by atoms with Crippen LogP contribution in [0.3, 0.4) is 0 Å². The van der Waals surface area contributed by atoms with Gasteiger partial charge in [0.1, 0.15) is 11.3 Å². The number of para-hydroxylation sites is 1. The minimum absolute atomic E-state index is 0.00842. The fourth-order valence-corrected chi connectivity index (χ4v) is 2.19. The summed E-state index contributed by atoms with van der Waals surface area (Å²) in [5, 5.41) is 11.0. The van der Waals surface area contributed by atoms with E-state index in [-0.39, 0.29) is 16.7 Å². The SMILES string of the molecule is Cc1cc(C(C)(C)C)ccc1OC(=O)c1ccccc1[N+](=O)[O-]. The monoisotopic (exact) mass is 313 g/mol. The predicted molar refractivity (Wildman–Crippen MR) is 87.9 cm³/mol. The average molecular weight is 313 g/mol. The predicted octanol–water partition coefficient (Wildman–Crippen LogP) is 4.42. The number of nitro benzene ring substituents is 1. The van der Waals surface area contributed by atoms with Crippen molar-refractivity contribution >= 4 is 11.7 Å². The molecule has 0 saturated carbocycles. The first-order valence-corrected chi connectivity index (χ1v) is 7.27. The lowest BCUT2D eigenvalue weighted by Crippen LogP contribution is -2.14. The number of hydrogen-bond donors (Lipinski definition) is 0. The Kier molecular flexibility index (Phi) is 4.50. The Hall–Kier alpha value is -2.69. The third kappa shape index (κ3) is 3.74. The molecule has 5 heteroatoms. The number of rotatable bonds is 3. The summed E-state index contributed by atoms with van der Waals surface area (Å²) in [6, 6.07) is 11.3. The van der Waals surface area contributed by atoms with Gasteiger partial charge in [0.15, 0.2) is 0 Å². The van der Waals surface area contributed by atoms with Crippen molar-refractivity contribution in [3.63, 3.8) is 0 Å². The van der Waals surface area contributed by atoms with E-state index in [4.69, 9.17) is 4.74 Å². The van der Waals surface area contributed by atoms with Gasteiger partial charge in [-0.15, -0.1) is 0 Å². The van der Waals surface area contributed by atoms with E-state index in [1.807, 2.05) is 19.1 Å². The molecule has 0 spiro atoms. The van der Waals surface area contributed by atoms with Gasteiger partial charge >= 0.3 is 5.97 Å². The maximum absolute atomic E-state index is 12.2. The van der Waals surface area contributed by atoms with Crippen LogP contribution in [0.15, 0.2) is 42.5 Å². The average Bonchev–Trinajstić information content (AvgIpc) is 2.48. The van der Waals surface area contributed by atoms with Crippen molar-refractivity contribution in [1.29, 1.82) is 0 Å². The minimum Gasteiger partial charge on any atom is -0.422 e. The first-order chi connectivity index (χ1) is 10.7. The lowest BCUT2D eigenvalue weighted by Gasteiger charge is -2.20. The highest BCUT2D eigenvalue weighted by Crippen LogP contribution is 2.28. The van der Waals surface area contributed by atoms with Gasteiger partial charge in [-0.3, -0.25) is 10.1 Å². The van der Waals surface area contributed by atoms with E-state index in [0.29, 0.717) is 5.75 Å². The van der Waals surface area contributed by atoms with E-state index in [9.17, 15) is 14.9 Å². The Morgan fingerprint density at radius 3 is 2.35 bits per heavy atom. The number of carbonyl (C=O) groups excluding carboxylic acids is 1. The number of ether oxygens (including phenoxy) is 1. The van der Waals surface area contributed by atoms with Crippen molar-refractivity contribution in [2.45, 2.75) is 33.1 Å². The van der Waals surface area contributed by atoms with E-state index in [1.54, 1.807) is 12.1 Å². The number of carbonyl (C=O) groups is 1. The molecule has 0 aliphatic rings. The Labute approximate surface area is 135 Å². The van der Waals surface area contributed by atoms with Crippen LogP contribution in [0.25, 0.3) is 0 Å². The van der Waals surface area contributed by atoms with Crippen LogP contribution in [0.4, 0.5) is 5.69 Å². The van der Waals surface area contributed by atoms with Crippen LogP contribution >= 0.6 is 0 Å². The maximum atomic E-state index is 12.2. The van der Waals surface area contributed by atoms with Crippen LogP contribution in [0, 0.1) is 17.0 Å². The van der Waals surface area contributed by atoms with Crippen LogP contribution < -0.4 is 4.74 Å². The Bertz CT molecular complexity index is 760. The fourth-order valence-electron chi connectivity index (χ4n) is 2.19. The van der Waals surface area contributed by atoms with Crippen molar-refractivity contribution in [3.05, 3.63) is 69.3 Å². The maximum Gasteiger partial charge on any atom is 0.350 e. The topological polar surface area (TPSA) is 69.4 Å². The standard InChI is InChI=1S/C18H19NO4/c1-12-11-13(18(2,3)4)9-10-16(12)23-17(20)14-7-5-6-8-15(14)19(21)22/h5-11H,1-4H3. The normalized spacial score (nSPS) is 11.1. The molecule has 0 N–H and O–H groups in total. The molecule has 0 heterocycles. The molecule has 0 fully saturated rings. The van der Waals surface area contributed by atoms with E-state index in [2.05, 4.69) is 20.8 Å². The number of benzene rings is 2. The van der Waals surface area contributed by atoms with Crippen LogP contribution in [-0.2, 0) is 5.41 Å². The zero-order valence-electron chi connectivity index (χ0n) is 13.6. The molecular formula is C18H19NO4. The molecule has 2 aromatic carbocycles. The second kappa shape index (κ2) is 6.20. The number of nitrogens with zero attached hydrogens (tertiary/aromatic N) is 1. The molecule has 120 valence electrons. The molecule has 0 aliphatic heterocycles. The largest absolute Gasteiger partial charge is 0.422 e. The van der Waals surface area contributed by atoms with Crippen molar-refractivity contribution in [2.24, 2.45) is 0 Å². The zero-order valence-corrected chi connectivity index (χ0v) is 13.6. The Morgan fingerprint density at radius 1 is 1.13 bits per heavy atom. The lowest BCUT2D eigenvalue weighted by molar-refractivity contribution is -0.385. The van der Waals surface area contributed by atoms with Crippen molar-refractivity contribution in [1.82, 2.24) is 0 Å². The molecule has 0 aromatic heterocycles. The van der Waals surface area contributed by atoms with Gasteiger partial charge in [-0.05, 0) is 35.6 Å². The number of nitro groups is 1. The summed E-state index contributed by atoms with van der Waals surface area (Å²) in [5.41, 5.74) is 1.61. The molecule has 2 aromatic rings. The Morgan fingerprint density at radius 2 is 1.78 bits per heavy atom. The summed E-state index contributed by atoms with van der Waals surface area (Å²) in [6.45, 7) is 8.14. The van der Waals surface area contributed by atoms with E-state index in [0.717, 1.165) is 11.1 Å². The summed E-state index contributed by atoms with van der Waals surface area (Å²) < 4.78 is 5.35. The first kappa shape index (κ1) is 16.7. The van der Waals surface area contributed by atoms with Gasteiger partial charge in [-0.25, -0.2) is 4.79 Å². The van der Waals surface area contributed by atoms with Crippen LogP contribution in [0.1, 0.15) is 42.3 Å². The second-order valence-corrected chi connectivity index (χ2v) is 6.39. The third-order valence-corrected chi connectivity index (χ3v) is 3.56. The van der Waals surface area contributed by atoms with Crippen LogP contribution in [0.5, 0.6) is 5.75 Å². The van der Waals surface area contributed by atoms with Gasteiger partial charge in [-0.1, -0.05) is 45.0 Å². The summed E-state index contributed by atoms with van der Waals surface area (Å²) >= 11 is 0. The molecule has 2 rings (SSSR count). The van der Waals surface area contributed by atoms with Gasteiger partial charge < -0.3 is 4.74 Å². The van der Waals surface area contributed by atoms with Crippen molar-refractivity contribution < 1.29 is 14.5 Å². The van der Waals surface area contributed by atoms with Gasteiger partial charge in [0.05, 0.1) is 4.92 Å². The van der Waals surface area contributed by atoms with Gasteiger partial charge in [0.25, 0.3) is 5.69 Å². The summed E-state index contributed by atoms with van der Waals surface area (Å²) in [5.74, 6) is -0.329. The highest BCUT2D eigenvalue weighted by molar-refractivity contribution is 5.95. The summed E-state index contributed by atoms with van der Waals surface area (Å²) in [7, 11) is 0. The smallest absolute Gasteiger partial charge is 0.350 e. The number of esters is 1. The van der Waals surface area contributed by atoms with Gasteiger partial charge in [0, 0.05) is 6.07 Å². The first-order valence-electron chi connectivity index (χ1n) is 7.27. The molecule has 0 radical (unpaired) electrons. The molecule has 0 saturated heterocycles. The highest BCUT2D eigenvalue weighted by Gasteiger charge is 2.22. The molecule has 0 atom stereocenters. The zero-order chi connectivity index (χ0) is 17.2. The van der Waals surface area contributed by atoms with Crippen LogP contribution in [0.2, 0.25) is 0 Å². The molecule has 0 bridgehead atoms. The third-order valence-electron chi connectivity index (χ3n) is 3.56. The van der Waals surface area contributed by atoms with E-state index >= 15 is 0 Å². The number of aryl methyl sites for hydroxylation is 1. The fraction of sp³-hybridized carbons (Fsp3) is 0.278. The van der Waals surface area contributed by atoms with Crippen molar-refractivity contribution in [3.8, 4) is 5.75 Å². The van der Waals surface area contributed by atoms with Crippen molar-refractivity contribution in [2.75, 3.05) is 0 Å². The summed E-state index contributed by atoms with van der Waals surface area (Å²) in [6.07, 6.45) is 0. The molecule has 0 aliphatic carbocycles.